The second-order valence-electron chi connectivity index (χ2n) is 11.1. The van der Waals surface area contributed by atoms with Crippen LogP contribution in [0.1, 0.15) is 96.5 Å². The number of ether oxygens (including phenoxy) is 2. The Bertz CT molecular complexity index is 787. The summed E-state index contributed by atoms with van der Waals surface area (Å²) in [5, 5.41) is 0. The van der Waals surface area contributed by atoms with E-state index in [0.717, 1.165) is 63.2 Å². The SMILES string of the molecule is CC1CCC(OCc2ccc(OC(=O)C3CCC(C4CCC(C)CC4)CC3)c(F)c2F)CC1. The first-order valence-electron chi connectivity index (χ1n) is 13.2. The van der Waals surface area contributed by atoms with Gasteiger partial charge in [-0.2, -0.15) is 4.39 Å². The Labute approximate surface area is 197 Å². The van der Waals surface area contributed by atoms with Crippen LogP contribution in [0.25, 0.3) is 0 Å². The van der Waals surface area contributed by atoms with Crippen LogP contribution in [0.15, 0.2) is 12.1 Å². The van der Waals surface area contributed by atoms with Gasteiger partial charge in [-0.3, -0.25) is 4.79 Å². The highest BCUT2D eigenvalue weighted by molar-refractivity contribution is 5.75. The largest absolute Gasteiger partial charge is 0.423 e. The van der Waals surface area contributed by atoms with Gasteiger partial charge in [0.15, 0.2) is 11.6 Å². The van der Waals surface area contributed by atoms with E-state index < -0.39 is 17.6 Å². The summed E-state index contributed by atoms with van der Waals surface area (Å²) in [6.07, 6.45) is 13.1. The minimum absolute atomic E-state index is 0.0417. The normalized spacial score (nSPS) is 33.0. The summed E-state index contributed by atoms with van der Waals surface area (Å²) in [6, 6.07) is 2.85. The van der Waals surface area contributed by atoms with Crippen LogP contribution in [-0.2, 0) is 16.1 Å². The lowest BCUT2D eigenvalue weighted by Crippen LogP contribution is -2.30. The van der Waals surface area contributed by atoms with Gasteiger partial charge in [0.1, 0.15) is 0 Å². The molecule has 3 saturated carbocycles. The van der Waals surface area contributed by atoms with Crippen LogP contribution in [0, 0.1) is 41.2 Å². The van der Waals surface area contributed by atoms with Gasteiger partial charge in [-0.05, 0) is 100 Å². The molecule has 0 unspecified atom stereocenters. The molecule has 3 aliphatic carbocycles. The lowest BCUT2D eigenvalue weighted by molar-refractivity contribution is -0.140. The summed E-state index contributed by atoms with van der Waals surface area (Å²) in [7, 11) is 0. The molecule has 0 radical (unpaired) electrons. The van der Waals surface area contributed by atoms with E-state index in [0.29, 0.717) is 11.8 Å². The lowest BCUT2D eigenvalue weighted by atomic mass is 9.69. The van der Waals surface area contributed by atoms with Crippen LogP contribution in [0.2, 0.25) is 0 Å². The smallest absolute Gasteiger partial charge is 0.314 e. The molecule has 3 aliphatic rings. The highest BCUT2D eigenvalue weighted by Gasteiger charge is 2.33. The molecule has 5 heteroatoms. The van der Waals surface area contributed by atoms with E-state index in [1.165, 1.54) is 37.8 Å². The average Bonchev–Trinajstić information content (AvgIpc) is 2.83. The molecule has 1 aromatic carbocycles. The summed E-state index contributed by atoms with van der Waals surface area (Å²) in [5.41, 5.74) is 0.174. The van der Waals surface area contributed by atoms with Gasteiger partial charge < -0.3 is 9.47 Å². The Morgan fingerprint density at radius 2 is 1.33 bits per heavy atom. The number of rotatable bonds is 6. The average molecular weight is 463 g/mol. The van der Waals surface area contributed by atoms with Gasteiger partial charge in [-0.15, -0.1) is 0 Å². The van der Waals surface area contributed by atoms with Crippen molar-refractivity contribution in [2.75, 3.05) is 0 Å². The number of esters is 1. The van der Waals surface area contributed by atoms with Gasteiger partial charge in [0.05, 0.1) is 18.6 Å². The molecule has 0 atom stereocenters. The predicted octanol–water partition coefficient (Wildman–Crippen LogP) is 7.60. The van der Waals surface area contributed by atoms with Gasteiger partial charge in [0, 0.05) is 5.56 Å². The van der Waals surface area contributed by atoms with Crippen molar-refractivity contribution in [3.05, 3.63) is 29.3 Å². The topological polar surface area (TPSA) is 35.5 Å². The summed E-state index contributed by atoms with van der Waals surface area (Å²) >= 11 is 0. The number of carbonyl (C=O) groups excluding carboxylic acids is 1. The van der Waals surface area contributed by atoms with Gasteiger partial charge in [0.25, 0.3) is 0 Å². The van der Waals surface area contributed by atoms with Crippen molar-refractivity contribution >= 4 is 5.97 Å². The zero-order valence-corrected chi connectivity index (χ0v) is 20.3. The summed E-state index contributed by atoms with van der Waals surface area (Å²) in [6.45, 7) is 4.61. The van der Waals surface area contributed by atoms with Crippen molar-refractivity contribution in [1.82, 2.24) is 0 Å². The van der Waals surface area contributed by atoms with E-state index in [-0.39, 0.29) is 29.9 Å². The van der Waals surface area contributed by atoms with E-state index in [2.05, 4.69) is 13.8 Å². The molecular weight excluding hydrogens is 422 g/mol. The summed E-state index contributed by atoms with van der Waals surface area (Å²) in [5.74, 6) is 0.0183. The van der Waals surface area contributed by atoms with Crippen molar-refractivity contribution in [3.63, 3.8) is 0 Å². The molecule has 33 heavy (non-hydrogen) atoms. The minimum atomic E-state index is -1.09. The molecule has 0 amide bonds. The summed E-state index contributed by atoms with van der Waals surface area (Å²) in [4.78, 5) is 12.7. The Balaban J connectivity index is 1.26. The van der Waals surface area contributed by atoms with Gasteiger partial charge in [-0.25, -0.2) is 4.39 Å². The van der Waals surface area contributed by atoms with E-state index in [1.54, 1.807) is 0 Å². The first-order valence-corrected chi connectivity index (χ1v) is 13.2. The molecule has 184 valence electrons. The molecule has 0 aliphatic heterocycles. The van der Waals surface area contributed by atoms with Crippen LogP contribution in [0.4, 0.5) is 8.78 Å². The zero-order valence-electron chi connectivity index (χ0n) is 20.3. The maximum absolute atomic E-state index is 14.6. The third-order valence-corrected chi connectivity index (χ3v) is 8.61. The van der Waals surface area contributed by atoms with E-state index in [9.17, 15) is 13.6 Å². The van der Waals surface area contributed by atoms with Crippen molar-refractivity contribution < 1.29 is 23.0 Å². The van der Waals surface area contributed by atoms with Crippen molar-refractivity contribution in [2.24, 2.45) is 29.6 Å². The van der Waals surface area contributed by atoms with Crippen LogP contribution in [0.5, 0.6) is 5.75 Å². The molecular formula is C28H40F2O3. The third-order valence-electron chi connectivity index (χ3n) is 8.61. The van der Waals surface area contributed by atoms with Crippen LogP contribution in [0.3, 0.4) is 0 Å². The number of carbonyl (C=O) groups is 1. The fraction of sp³-hybridized carbons (Fsp3) is 0.750. The second-order valence-corrected chi connectivity index (χ2v) is 11.1. The second kappa shape index (κ2) is 11.3. The number of hydrogen-bond acceptors (Lipinski definition) is 3. The van der Waals surface area contributed by atoms with E-state index >= 15 is 0 Å². The molecule has 4 rings (SSSR count). The van der Waals surface area contributed by atoms with Crippen LogP contribution in [-0.4, -0.2) is 12.1 Å². The zero-order chi connectivity index (χ0) is 23.4. The number of benzene rings is 1. The van der Waals surface area contributed by atoms with Crippen molar-refractivity contribution in [3.8, 4) is 5.75 Å². The maximum atomic E-state index is 14.6. The first kappa shape index (κ1) is 24.6. The standard InChI is InChI=1S/C28H40F2O3/c1-18-3-7-20(8-4-18)21-9-11-22(12-10-21)28(31)33-25-16-13-23(26(29)27(25)30)17-32-24-14-5-19(2)6-15-24/h13,16,18-22,24H,3-12,14-15,17H2,1-2H3. The van der Waals surface area contributed by atoms with Gasteiger partial charge in [0.2, 0.25) is 5.82 Å². The maximum Gasteiger partial charge on any atom is 0.314 e. The monoisotopic (exact) mass is 462 g/mol. The molecule has 0 saturated heterocycles. The highest BCUT2D eigenvalue weighted by atomic mass is 19.2. The fourth-order valence-electron chi connectivity index (χ4n) is 6.14. The highest BCUT2D eigenvalue weighted by Crippen LogP contribution is 2.41. The molecule has 0 heterocycles. The van der Waals surface area contributed by atoms with Gasteiger partial charge in [-0.1, -0.05) is 26.7 Å². The van der Waals surface area contributed by atoms with Crippen molar-refractivity contribution in [1.29, 1.82) is 0 Å². The number of halogens is 2. The lowest BCUT2D eigenvalue weighted by Gasteiger charge is -2.36. The summed E-state index contributed by atoms with van der Waals surface area (Å²) < 4.78 is 40.4. The predicted molar refractivity (Wildman–Crippen MR) is 125 cm³/mol. The molecule has 3 nitrogen and oxygen atoms in total. The van der Waals surface area contributed by atoms with Crippen molar-refractivity contribution in [2.45, 2.75) is 104 Å². The van der Waals surface area contributed by atoms with Gasteiger partial charge >= 0.3 is 5.97 Å². The molecule has 0 spiro atoms. The Morgan fingerprint density at radius 1 is 0.788 bits per heavy atom. The fourth-order valence-corrected chi connectivity index (χ4v) is 6.14. The molecule has 1 aromatic rings. The Hall–Kier alpha value is -1.49. The minimum Gasteiger partial charge on any atom is -0.423 e. The molecule has 0 N–H and O–H groups in total. The van der Waals surface area contributed by atoms with Crippen LogP contribution >= 0.6 is 0 Å². The van der Waals surface area contributed by atoms with E-state index in [4.69, 9.17) is 9.47 Å². The Kier molecular flexibility index (Phi) is 8.43. The Morgan fingerprint density at radius 3 is 1.94 bits per heavy atom. The number of hydrogen-bond donors (Lipinski definition) is 0. The third kappa shape index (κ3) is 6.35. The first-order chi connectivity index (χ1) is 15.9. The molecule has 0 bridgehead atoms. The van der Waals surface area contributed by atoms with E-state index in [1.807, 2.05) is 0 Å². The molecule has 3 fully saturated rings. The quantitative estimate of drug-likeness (QED) is 0.322. The molecule has 0 aromatic heterocycles. The van der Waals surface area contributed by atoms with Crippen LogP contribution < -0.4 is 4.74 Å².